The molecule has 0 amide bonds. The lowest BCUT2D eigenvalue weighted by molar-refractivity contribution is -0.126. The van der Waals surface area contributed by atoms with E-state index in [2.05, 4.69) is 36.5 Å². The maximum absolute atomic E-state index is 12.6. The van der Waals surface area contributed by atoms with Gasteiger partial charge in [-0.2, -0.15) is 0 Å². The predicted octanol–water partition coefficient (Wildman–Crippen LogP) is 4.48. The first-order valence-electron chi connectivity index (χ1n) is 7.68. The lowest BCUT2D eigenvalue weighted by atomic mass is 9.79. The molecule has 0 aromatic heterocycles. The average molecular weight is 316 g/mol. The molecule has 1 aliphatic heterocycles. The summed E-state index contributed by atoms with van der Waals surface area (Å²) in [6, 6.07) is 20.8. The molecule has 116 valence electrons. The van der Waals surface area contributed by atoms with E-state index in [4.69, 9.17) is 0 Å². The van der Waals surface area contributed by atoms with Crippen molar-refractivity contribution in [1.29, 1.82) is 0 Å². The summed E-state index contributed by atoms with van der Waals surface area (Å²) in [7, 11) is 0. The Morgan fingerprint density at radius 1 is 0.955 bits per heavy atom. The van der Waals surface area contributed by atoms with Crippen LogP contribution in [0, 0.1) is 5.92 Å². The zero-order chi connectivity index (χ0) is 14.7. The predicted molar refractivity (Wildman–Crippen MR) is 92.2 cm³/mol. The van der Waals surface area contributed by atoms with Crippen LogP contribution in [0.5, 0.6) is 0 Å². The first kappa shape index (κ1) is 16.7. The quantitative estimate of drug-likeness (QED) is 0.904. The second-order valence-corrected chi connectivity index (χ2v) is 5.70. The first-order chi connectivity index (χ1) is 10.3. The van der Waals surface area contributed by atoms with Crippen LogP contribution in [-0.4, -0.2) is 5.78 Å². The Morgan fingerprint density at radius 2 is 1.50 bits per heavy atom. The molecule has 1 fully saturated rings. The van der Waals surface area contributed by atoms with E-state index in [1.165, 1.54) is 11.1 Å². The molecule has 3 atom stereocenters. The molecule has 0 saturated carbocycles. The molecule has 3 rings (SSSR count). The number of halogens is 1. The van der Waals surface area contributed by atoms with Crippen LogP contribution in [0.2, 0.25) is 0 Å². The molecule has 3 unspecified atom stereocenters. The van der Waals surface area contributed by atoms with Crippen molar-refractivity contribution >= 4 is 18.2 Å². The van der Waals surface area contributed by atoms with Crippen LogP contribution < -0.4 is 5.32 Å². The fourth-order valence-corrected chi connectivity index (χ4v) is 3.28. The van der Waals surface area contributed by atoms with Gasteiger partial charge < -0.3 is 5.32 Å². The summed E-state index contributed by atoms with van der Waals surface area (Å²) in [5.41, 5.74) is 2.40. The van der Waals surface area contributed by atoms with E-state index < -0.39 is 0 Å². The topological polar surface area (TPSA) is 29.1 Å². The van der Waals surface area contributed by atoms with E-state index >= 15 is 0 Å². The van der Waals surface area contributed by atoms with Gasteiger partial charge in [0.05, 0.1) is 0 Å². The van der Waals surface area contributed by atoms with Gasteiger partial charge in [-0.3, -0.25) is 4.79 Å². The van der Waals surface area contributed by atoms with E-state index in [-0.39, 0.29) is 30.4 Å². The van der Waals surface area contributed by atoms with Gasteiger partial charge in [0.1, 0.15) is 5.78 Å². The highest BCUT2D eigenvalue weighted by Crippen LogP contribution is 2.36. The van der Waals surface area contributed by atoms with Crippen molar-refractivity contribution in [3.05, 3.63) is 71.8 Å². The van der Waals surface area contributed by atoms with Gasteiger partial charge in [-0.25, -0.2) is 0 Å². The largest absolute Gasteiger partial charge is 0.302 e. The molecule has 1 heterocycles. The Bertz CT molecular complexity index is 599. The van der Waals surface area contributed by atoms with Gasteiger partial charge >= 0.3 is 0 Å². The van der Waals surface area contributed by atoms with E-state index in [1.807, 2.05) is 36.4 Å². The standard InChI is InChI=1S/C19H21NO.ClH/c1-2-16-18(21)13-17(14-9-5-3-6-10-14)20-19(16)15-11-7-4-8-12-15;/h3-12,16-17,19-20H,2,13H2,1H3;1H. The van der Waals surface area contributed by atoms with Crippen LogP contribution in [-0.2, 0) is 4.79 Å². The number of hydrogen-bond donors (Lipinski definition) is 1. The second-order valence-electron chi connectivity index (χ2n) is 5.70. The van der Waals surface area contributed by atoms with E-state index in [1.54, 1.807) is 0 Å². The molecule has 1 N–H and O–H groups in total. The normalized spacial score (nSPS) is 24.6. The van der Waals surface area contributed by atoms with Gasteiger partial charge in [0.15, 0.2) is 0 Å². The zero-order valence-corrected chi connectivity index (χ0v) is 13.6. The van der Waals surface area contributed by atoms with Crippen molar-refractivity contribution in [3.8, 4) is 0 Å². The number of carbonyl (C=O) groups is 1. The third-order valence-corrected chi connectivity index (χ3v) is 4.40. The number of nitrogens with one attached hydrogen (secondary N) is 1. The van der Waals surface area contributed by atoms with Crippen LogP contribution in [0.25, 0.3) is 0 Å². The Morgan fingerprint density at radius 3 is 2.05 bits per heavy atom. The minimum Gasteiger partial charge on any atom is -0.302 e. The van der Waals surface area contributed by atoms with Gasteiger partial charge in [-0.15, -0.1) is 12.4 Å². The minimum absolute atomic E-state index is 0. The number of benzene rings is 2. The number of rotatable bonds is 3. The number of ketones is 1. The minimum atomic E-state index is 0. The molecular weight excluding hydrogens is 294 g/mol. The smallest absolute Gasteiger partial charge is 0.139 e. The fraction of sp³-hybridized carbons (Fsp3) is 0.316. The summed E-state index contributed by atoms with van der Waals surface area (Å²) in [5, 5.41) is 3.70. The van der Waals surface area contributed by atoms with Crippen LogP contribution in [0.3, 0.4) is 0 Å². The maximum Gasteiger partial charge on any atom is 0.139 e. The van der Waals surface area contributed by atoms with Gasteiger partial charge in [-0.05, 0) is 17.5 Å². The van der Waals surface area contributed by atoms with Gasteiger partial charge in [-0.1, -0.05) is 67.6 Å². The third-order valence-electron chi connectivity index (χ3n) is 4.40. The monoisotopic (exact) mass is 315 g/mol. The zero-order valence-electron chi connectivity index (χ0n) is 12.7. The number of hydrogen-bond acceptors (Lipinski definition) is 2. The molecule has 0 bridgehead atoms. The Balaban J connectivity index is 0.00000176. The highest BCUT2D eigenvalue weighted by molar-refractivity contribution is 5.85. The van der Waals surface area contributed by atoms with Crippen LogP contribution in [0.15, 0.2) is 60.7 Å². The molecule has 2 aromatic carbocycles. The summed E-state index contributed by atoms with van der Waals surface area (Å²) in [4.78, 5) is 12.6. The molecule has 1 aliphatic rings. The molecule has 2 nitrogen and oxygen atoms in total. The van der Waals surface area contributed by atoms with Crippen molar-refractivity contribution in [1.82, 2.24) is 5.32 Å². The second kappa shape index (κ2) is 7.57. The van der Waals surface area contributed by atoms with E-state index in [0.29, 0.717) is 12.2 Å². The van der Waals surface area contributed by atoms with E-state index in [9.17, 15) is 4.79 Å². The molecule has 0 spiro atoms. The summed E-state index contributed by atoms with van der Waals surface area (Å²) in [6.45, 7) is 2.10. The van der Waals surface area contributed by atoms with Gasteiger partial charge in [0.25, 0.3) is 0 Å². The number of piperidine rings is 1. The molecular formula is C19H22ClNO. The molecule has 1 saturated heterocycles. The van der Waals surface area contributed by atoms with Crippen LogP contribution in [0.4, 0.5) is 0 Å². The molecule has 0 radical (unpaired) electrons. The molecule has 0 aliphatic carbocycles. The molecule has 2 aromatic rings. The van der Waals surface area contributed by atoms with Crippen molar-refractivity contribution < 1.29 is 4.79 Å². The van der Waals surface area contributed by atoms with Gasteiger partial charge in [0, 0.05) is 24.4 Å². The van der Waals surface area contributed by atoms with Gasteiger partial charge in [0.2, 0.25) is 0 Å². The Labute approximate surface area is 138 Å². The summed E-state index contributed by atoms with van der Waals surface area (Å²) < 4.78 is 0. The van der Waals surface area contributed by atoms with Crippen molar-refractivity contribution in [2.75, 3.05) is 0 Å². The highest BCUT2D eigenvalue weighted by Gasteiger charge is 2.36. The maximum atomic E-state index is 12.6. The van der Waals surface area contributed by atoms with E-state index in [0.717, 1.165) is 6.42 Å². The molecule has 22 heavy (non-hydrogen) atoms. The lowest BCUT2D eigenvalue weighted by Crippen LogP contribution is -2.42. The number of carbonyl (C=O) groups excluding carboxylic acids is 1. The number of Topliss-reactive ketones (excluding diaryl/α,β-unsaturated/α-hetero) is 1. The Hall–Kier alpha value is -1.64. The Kier molecular flexibility index (Phi) is 5.76. The third kappa shape index (κ3) is 3.40. The lowest BCUT2D eigenvalue weighted by Gasteiger charge is -2.36. The van der Waals surface area contributed by atoms with Crippen LogP contribution in [0.1, 0.15) is 43.0 Å². The summed E-state index contributed by atoms with van der Waals surface area (Å²) in [6.07, 6.45) is 1.47. The first-order valence-corrected chi connectivity index (χ1v) is 7.68. The van der Waals surface area contributed by atoms with Crippen molar-refractivity contribution in [3.63, 3.8) is 0 Å². The molecule has 3 heteroatoms. The summed E-state index contributed by atoms with van der Waals surface area (Å²) in [5.74, 6) is 0.450. The average Bonchev–Trinajstić information content (AvgIpc) is 2.55. The van der Waals surface area contributed by atoms with Crippen molar-refractivity contribution in [2.45, 2.75) is 31.8 Å². The fourth-order valence-electron chi connectivity index (χ4n) is 3.28. The SMILES string of the molecule is CCC1C(=O)CC(c2ccccc2)NC1c1ccccc1.Cl. The highest BCUT2D eigenvalue weighted by atomic mass is 35.5. The summed E-state index contributed by atoms with van der Waals surface area (Å²) >= 11 is 0. The van der Waals surface area contributed by atoms with Crippen molar-refractivity contribution in [2.24, 2.45) is 5.92 Å². The van der Waals surface area contributed by atoms with Crippen LogP contribution >= 0.6 is 12.4 Å².